The minimum absolute atomic E-state index is 0.0699. The molecule has 1 fully saturated rings. The molecule has 0 radical (unpaired) electrons. The van der Waals surface area contributed by atoms with Crippen molar-refractivity contribution in [2.45, 2.75) is 31.5 Å². The van der Waals surface area contributed by atoms with Crippen LogP contribution in [0.25, 0.3) is 5.65 Å². The van der Waals surface area contributed by atoms with Gasteiger partial charge in [0.15, 0.2) is 11.5 Å². The Hall–Kier alpha value is -2.48. The topological polar surface area (TPSA) is 93.2 Å². The lowest BCUT2D eigenvalue weighted by atomic mass is 9.83. The van der Waals surface area contributed by atoms with Crippen LogP contribution in [0.4, 0.5) is 5.82 Å². The van der Waals surface area contributed by atoms with Crippen LogP contribution in [0, 0.1) is 6.92 Å². The van der Waals surface area contributed by atoms with Crippen LogP contribution in [0.1, 0.15) is 18.3 Å². The van der Waals surface area contributed by atoms with Crippen molar-refractivity contribution >= 4 is 11.5 Å². The molecule has 0 spiro atoms. The highest BCUT2D eigenvalue weighted by molar-refractivity contribution is 5.45. The second kappa shape index (κ2) is 4.52. The molecule has 4 rings (SSSR count). The second-order valence-electron chi connectivity index (χ2n) is 5.27. The van der Waals surface area contributed by atoms with Crippen molar-refractivity contribution in [1.29, 1.82) is 0 Å². The van der Waals surface area contributed by atoms with Gasteiger partial charge in [-0.05, 0) is 31.5 Å². The zero-order chi connectivity index (χ0) is 14.4. The molecule has 3 aromatic rings. The van der Waals surface area contributed by atoms with E-state index in [0.29, 0.717) is 6.42 Å². The van der Waals surface area contributed by atoms with E-state index in [-0.39, 0.29) is 18.2 Å². The van der Waals surface area contributed by atoms with Gasteiger partial charge < -0.3 is 10.4 Å². The number of hydrogen-bond acceptors (Lipinski definition) is 6. The molecule has 3 heterocycles. The Morgan fingerprint density at radius 1 is 1.33 bits per heavy atom. The van der Waals surface area contributed by atoms with Gasteiger partial charge in [-0.25, -0.2) is 0 Å². The van der Waals surface area contributed by atoms with Crippen molar-refractivity contribution in [3.8, 4) is 0 Å². The summed E-state index contributed by atoms with van der Waals surface area (Å²) in [5, 5.41) is 30.0. The number of aliphatic hydroxyl groups is 1. The van der Waals surface area contributed by atoms with E-state index in [1.165, 1.54) is 0 Å². The normalized spacial score (nSPS) is 25.0. The van der Waals surface area contributed by atoms with Crippen molar-refractivity contribution in [2.24, 2.45) is 0 Å². The Labute approximate surface area is 120 Å². The third-order valence-electron chi connectivity index (χ3n) is 3.88. The highest BCUT2D eigenvalue weighted by atomic mass is 16.3. The fourth-order valence-corrected chi connectivity index (χ4v) is 2.74. The standard InChI is InChI=1S/C13H15N7O/c1-8-16-17-12-4-3-11(18-20(8)12)15-9-7-10(21)13(9)19-6-2-5-14-19/h2-6,9-10,13,21H,7H2,1H3,(H,15,18)/t9-,10+,13+/m0/s1. The first-order valence-corrected chi connectivity index (χ1v) is 6.85. The molecule has 0 saturated heterocycles. The summed E-state index contributed by atoms with van der Waals surface area (Å²) in [7, 11) is 0. The van der Waals surface area contributed by atoms with Crippen molar-refractivity contribution in [3.63, 3.8) is 0 Å². The molecule has 3 atom stereocenters. The molecule has 0 aromatic carbocycles. The van der Waals surface area contributed by atoms with E-state index >= 15 is 0 Å². The first-order chi connectivity index (χ1) is 10.2. The number of rotatable bonds is 3. The monoisotopic (exact) mass is 285 g/mol. The molecule has 2 N–H and O–H groups in total. The van der Waals surface area contributed by atoms with Crippen molar-refractivity contribution < 1.29 is 5.11 Å². The predicted molar refractivity (Wildman–Crippen MR) is 74.8 cm³/mol. The SMILES string of the molecule is Cc1nnc2ccc(N[C@H]3C[C@@H](O)[C@@H]3n3cccn3)nn12. The molecule has 21 heavy (non-hydrogen) atoms. The van der Waals surface area contributed by atoms with Crippen LogP contribution in [0.15, 0.2) is 30.6 Å². The summed E-state index contributed by atoms with van der Waals surface area (Å²) in [4.78, 5) is 0. The van der Waals surface area contributed by atoms with Gasteiger partial charge in [-0.1, -0.05) is 0 Å². The Kier molecular flexibility index (Phi) is 2.64. The highest BCUT2D eigenvalue weighted by Gasteiger charge is 2.42. The number of aromatic nitrogens is 6. The third-order valence-corrected chi connectivity index (χ3v) is 3.88. The lowest BCUT2D eigenvalue weighted by Crippen LogP contribution is -2.51. The summed E-state index contributed by atoms with van der Waals surface area (Å²) in [6.45, 7) is 1.86. The Balaban J connectivity index is 1.58. The van der Waals surface area contributed by atoms with Gasteiger partial charge in [-0.2, -0.15) is 9.61 Å². The van der Waals surface area contributed by atoms with Crippen LogP contribution in [0.3, 0.4) is 0 Å². The van der Waals surface area contributed by atoms with Crippen LogP contribution in [-0.4, -0.2) is 46.8 Å². The fraction of sp³-hybridized carbons (Fsp3) is 0.385. The molecule has 1 saturated carbocycles. The first kappa shape index (κ1) is 12.3. The second-order valence-corrected chi connectivity index (χ2v) is 5.27. The predicted octanol–water partition coefficient (Wildman–Crippen LogP) is 0.416. The number of aliphatic hydroxyl groups excluding tert-OH is 1. The minimum Gasteiger partial charge on any atom is -0.391 e. The number of aryl methyl sites for hydroxylation is 1. The molecule has 108 valence electrons. The van der Waals surface area contributed by atoms with Gasteiger partial charge in [-0.3, -0.25) is 4.68 Å². The van der Waals surface area contributed by atoms with E-state index < -0.39 is 0 Å². The quantitative estimate of drug-likeness (QED) is 0.724. The molecule has 1 aliphatic carbocycles. The van der Waals surface area contributed by atoms with E-state index in [1.54, 1.807) is 15.4 Å². The van der Waals surface area contributed by atoms with E-state index in [9.17, 15) is 5.11 Å². The van der Waals surface area contributed by atoms with Crippen LogP contribution in [-0.2, 0) is 0 Å². The zero-order valence-corrected chi connectivity index (χ0v) is 11.5. The van der Waals surface area contributed by atoms with E-state index in [4.69, 9.17) is 0 Å². The number of anilines is 1. The molecule has 8 nitrogen and oxygen atoms in total. The summed E-state index contributed by atoms with van der Waals surface area (Å²) < 4.78 is 3.48. The van der Waals surface area contributed by atoms with Crippen molar-refractivity contribution in [1.82, 2.24) is 29.6 Å². The Morgan fingerprint density at radius 2 is 2.24 bits per heavy atom. The van der Waals surface area contributed by atoms with Gasteiger partial charge in [-0.15, -0.1) is 15.3 Å². The molecule has 8 heteroatoms. The van der Waals surface area contributed by atoms with Gasteiger partial charge in [0.2, 0.25) is 0 Å². The van der Waals surface area contributed by atoms with Crippen molar-refractivity contribution in [2.75, 3.05) is 5.32 Å². The van der Waals surface area contributed by atoms with Gasteiger partial charge >= 0.3 is 0 Å². The minimum atomic E-state index is -0.386. The van der Waals surface area contributed by atoms with Gasteiger partial charge in [0, 0.05) is 12.4 Å². The maximum absolute atomic E-state index is 9.96. The highest BCUT2D eigenvalue weighted by Crippen LogP contribution is 2.34. The van der Waals surface area contributed by atoms with Crippen LogP contribution in [0.2, 0.25) is 0 Å². The van der Waals surface area contributed by atoms with Gasteiger partial charge in [0.05, 0.1) is 18.2 Å². The van der Waals surface area contributed by atoms with E-state index in [2.05, 4.69) is 25.7 Å². The molecular weight excluding hydrogens is 270 g/mol. The van der Waals surface area contributed by atoms with Crippen molar-refractivity contribution in [3.05, 3.63) is 36.4 Å². The first-order valence-electron chi connectivity index (χ1n) is 6.85. The maximum atomic E-state index is 9.96. The summed E-state index contributed by atoms with van der Waals surface area (Å²) >= 11 is 0. The smallest absolute Gasteiger partial charge is 0.178 e. The van der Waals surface area contributed by atoms with Crippen LogP contribution in [0.5, 0.6) is 0 Å². The molecule has 1 aliphatic rings. The number of fused-ring (bicyclic) bond motifs is 1. The van der Waals surface area contributed by atoms with E-state index in [1.807, 2.05) is 31.3 Å². The lowest BCUT2D eigenvalue weighted by molar-refractivity contribution is 0.0133. The average molecular weight is 285 g/mol. The number of hydrogen-bond donors (Lipinski definition) is 2. The summed E-state index contributed by atoms with van der Waals surface area (Å²) in [6.07, 6.45) is 3.86. The third kappa shape index (κ3) is 1.95. The maximum Gasteiger partial charge on any atom is 0.178 e. The zero-order valence-electron chi connectivity index (χ0n) is 11.5. The summed E-state index contributed by atoms with van der Waals surface area (Å²) in [6, 6.07) is 5.62. The summed E-state index contributed by atoms with van der Waals surface area (Å²) in [5.74, 6) is 1.48. The number of nitrogens with one attached hydrogen (secondary N) is 1. The molecule has 0 aliphatic heterocycles. The molecule has 0 bridgehead atoms. The largest absolute Gasteiger partial charge is 0.391 e. The number of nitrogens with zero attached hydrogens (tertiary/aromatic N) is 6. The fourth-order valence-electron chi connectivity index (χ4n) is 2.74. The Morgan fingerprint density at radius 3 is 3.00 bits per heavy atom. The molecule has 0 unspecified atom stereocenters. The van der Waals surface area contributed by atoms with Gasteiger partial charge in [0.1, 0.15) is 5.82 Å². The summed E-state index contributed by atoms with van der Waals surface area (Å²) in [5.41, 5.74) is 0.718. The Bertz CT molecular complexity index is 766. The van der Waals surface area contributed by atoms with Crippen LogP contribution >= 0.6 is 0 Å². The van der Waals surface area contributed by atoms with Crippen LogP contribution < -0.4 is 5.32 Å². The average Bonchev–Trinajstić information content (AvgIpc) is 3.09. The molecule has 0 amide bonds. The lowest BCUT2D eigenvalue weighted by Gasteiger charge is -2.42. The molecule has 3 aromatic heterocycles. The molecular formula is C13H15N7O. The van der Waals surface area contributed by atoms with E-state index in [0.717, 1.165) is 17.3 Å². The van der Waals surface area contributed by atoms with Gasteiger partial charge in [0.25, 0.3) is 0 Å².